The smallest absolute Gasteiger partial charge is 0.277 e. The van der Waals surface area contributed by atoms with Crippen molar-refractivity contribution < 1.29 is 17.6 Å². The Kier molecular flexibility index (Phi) is 6.98. The van der Waals surface area contributed by atoms with Gasteiger partial charge in [0.25, 0.3) is 5.22 Å². The number of amides is 1. The summed E-state index contributed by atoms with van der Waals surface area (Å²) in [5.41, 5.74) is 1.29. The predicted octanol–water partition coefficient (Wildman–Crippen LogP) is 2.04. The number of benzene rings is 1. The fourth-order valence-electron chi connectivity index (χ4n) is 4.17. The van der Waals surface area contributed by atoms with Gasteiger partial charge in [-0.25, -0.2) is 8.42 Å². The third-order valence-corrected chi connectivity index (χ3v) is 8.69. The summed E-state index contributed by atoms with van der Waals surface area (Å²) in [6, 6.07) is 10.8. The Bertz CT molecular complexity index is 988. The highest BCUT2D eigenvalue weighted by Crippen LogP contribution is 2.25. The van der Waals surface area contributed by atoms with Crippen LogP contribution in [-0.4, -0.2) is 77.8 Å². The van der Waals surface area contributed by atoms with E-state index in [0.29, 0.717) is 43.1 Å². The molecule has 0 N–H and O–H groups in total. The van der Waals surface area contributed by atoms with Gasteiger partial charge >= 0.3 is 0 Å². The van der Waals surface area contributed by atoms with Crippen LogP contribution in [0.4, 0.5) is 0 Å². The van der Waals surface area contributed by atoms with Gasteiger partial charge in [-0.15, -0.1) is 10.2 Å². The minimum atomic E-state index is -2.92. The molecule has 0 bridgehead atoms. The molecule has 2 aromatic rings. The van der Waals surface area contributed by atoms with Gasteiger partial charge in [0, 0.05) is 38.6 Å². The summed E-state index contributed by atoms with van der Waals surface area (Å²) >= 11 is 1.24. The molecule has 2 fully saturated rings. The molecule has 168 valence electrons. The first kappa shape index (κ1) is 22.3. The lowest BCUT2D eigenvalue weighted by Gasteiger charge is -2.38. The van der Waals surface area contributed by atoms with Crippen molar-refractivity contribution in [2.45, 2.75) is 31.0 Å². The van der Waals surface area contributed by atoms with Gasteiger partial charge in [-0.3, -0.25) is 9.69 Å². The summed E-state index contributed by atoms with van der Waals surface area (Å²) < 4.78 is 28.8. The van der Waals surface area contributed by atoms with Crippen molar-refractivity contribution in [3.05, 3.63) is 41.8 Å². The number of thioether (sulfide) groups is 1. The van der Waals surface area contributed by atoms with E-state index in [0.717, 1.165) is 13.1 Å². The van der Waals surface area contributed by atoms with Gasteiger partial charge in [0.2, 0.25) is 11.8 Å². The van der Waals surface area contributed by atoms with Gasteiger partial charge in [-0.1, -0.05) is 42.1 Å². The Morgan fingerprint density at radius 3 is 2.61 bits per heavy atom. The molecule has 1 aromatic heterocycles. The molecule has 0 radical (unpaired) electrons. The quantitative estimate of drug-likeness (QED) is 0.575. The summed E-state index contributed by atoms with van der Waals surface area (Å²) in [6.45, 7) is 5.32. The van der Waals surface area contributed by atoms with Crippen molar-refractivity contribution in [2.75, 3.05) is 43.4 Å². The molecule has 2 saturated heterocycles. The van der Waals surface area contributed by atoms with Crippen LogP contribution in [0.25, 0.3) is 0 Å². The Hall–Kier alpha value is -1.91. The van der Waals surface area contributed by atoms with E-state index in [1.54, 1.807) is 0 Å². The van der Waals surface area contributed by atoms with Crippen LogP contribution in [0.5, 0.6) is 0 Å². The molecule has 2 aliphatic heterocycles. The van der Waals surface area contributed by atoms with Crippen molar-refractivity contribution in [3.8, 4) is 0 Å². The Morgan fingerprint density at radius 1 is 1.19 bits per heavy atom. The minimum absolute atomic E-state index is 0.0412. The molecule has 0 spiro atoms. The summed E-state index contributed by atoms with van der Waals surface area (Å²) in [6.07, 6.45) is 1.11. The molecule has 4 rings (SSSR count). The van der Waals surface area contributed by atoms with Gasteiger partial charge in [0.05, 0.1) is 17.3 Å². The number of piperazine rings is 1. The van der Waals surface area contributed by atoms with Crippen LogP contribution in [0.15, 0.2) is 40.0 Å². The number of carbonyl (C=O) groups is 1. The Labute approximate surface area is 187 Å². The van der Waals surface area contributed by atoms with Crippen molar-refractivity contribution in [1.82, 2.24) is 20.0 Å². The number of hydrogen-bond acceptors (Lipinski definition) is 8. The first-order valence-corrected chi connectivity index (χ1v) is 13.4. The standard InChI is InChI=1S/C21H28N4O4S2/c1-16(18-5-3-2-4-6-18)24-8-10-25(11-9-24)20(26)14-30-21-23-22-19(29-21)13-17-7-12-31(27,28)15-17/h2-6,16-17H,7-15H2,1H3. The van der Waals surface area contributed by atoms with E-state index in [4.69, 9.17) is 4.42 Å². The number of aromatic nitrogens is 2. The molecular weight excluding hydrogens is 436 g/mol. The van der Waals surface area contributed by atoms with E-state index in [-0.39, 0.29) is 29.1 Å². The number of sulfone groups is 1. The SMILES string of the molecule is CC(c1ccccc1)N1CCN(C(=O)CSc2nnc(CC3CCS(=O)(=O)C3)o2)CC1. The van der Waals surface area contributed by atoms with E-state index >= 15 is 0 Å². The predicted molar refractivity (Wildman–Crippen MR) is 118 cm³/mol. The number of nitrogens with zero attached hydrogens (tertiary/aromatic N) is 4. The number of rotatable bonds is 7. The normalized spacial score (nSPS) is 22.5. The Balaban J connectivity index is 1.21. The molecule has 2 aliphatic rings. The molecule has 2 unspecified atom stereocenters. The van der Waals surface area contributed by atoms with Crippen LogP contribution in [0.1, 0.15) is 30.8 Å². The zero-order chi connectivity index (χ0) is 21.8. The molecule has 2 atom stereocenters. The van der Waals surface area contributed by atoms with Gasteiger partial charge in [0.15, 0.2) is 9.84 Å². The highest BCUT2D eigenvalue weighted by molar-refractivity contribution is 7.99. The maximum Gasteiger partial charge on any atom is 0.277 e. The molecule has 1 amide bonds. The van der Waals surface area contributed by atoms with Gasteiger partial charge < -0.3 is 9.32 Å². The third-order valence-electron chi connectivity index (χ3n) is 6.05. The van der Waals surface area contributed by atoms with Crippen LogP contribution in [0.3, 0.4) is 0 Å². The van der Waals surface area contributed by atoms with Crippen LogP contribution in [0, 0.1) is 5.92 Å². The largest absolute Gasteiger partial charge is 0.416 e. The highest BCUT2D eigenvalue weighted by atomic mass is 32.2. The minimum Gasteiger partial charge on any atom is -0.416 e. The molecule has 3 heterocycles. The van der Waals surface area contributed by atoms with Crippen molar-refractivity contribution >= 4 is 27.5 Å². The van der Waals surface area contributed by atoms with Crippen LogP contribution in [0.2, 0.25) is 0 Å². The Morgan fingerprint density at radius 2 is 1.94 bits per heavy atom. The molecule has 0 saturated carbocycles. The first-order chi connectivity index (χ1) is 14.9. The van der Waals surface area contributed by atoms with Gasteiger partial charge in [0.1, 0.15) is 0 Å². The first-order valence-electron chi connectivity index (χ1n) is 10.6. The van der Waals surface area contributed by atoms with E-state index in [9.17, 15) is 13.2 Å². The monoisotopic (exact) mass is 464 g/mol. The van der Waals surface area contributed by atoms with E-state index in [1.165, 1.54) is 17.3 Å². The summed E-state index contributed by atoms with van der Waals surface area (Å²) in [5.74, 6) is 1.23. The van der Waals surface area contributed by atoms with E-state index in [2.05, 4.69) is 46.3 Å². The fraction of sp³-hybridized carbons (Fsp3) is 0.571. The topological polar surface area (TPSA) is 96.6 Å². The van der Waals surface area contributed by atoms with Gasteiger partial charge in [-0.2, -0.15) is 0 Å². The lowest BCUT2D eigenvalue weighted by molar-refractivity contribution is -0.130. The molecular formula is C21H28N4O4S2. The molecule has 0 aliphatic carbocycles. The highest BCUT2D eigenvalue weighted by Gasteiger charge is 2.29. The molecule has 10 heteroatoms. The number of carbonyl (C=O) groups excluding carboxylic acids is 1. The van der Waals surface area contributed by atoms with Crippen molar-refractivity contribution in [3.63, 3.8) is 0 Å². The maximum atomic E-state index is 12.6. The van der Waals surface area contributed by atoms with Crippen molar-refractivity contribution in [2.24, 2.45) is 5.92 Å². The maximum absolute atomic E-state index is 12.6. The lowest BCUT2D eigenvalue weighted by Crippen LogP contribution is -2.49. The molecule has 31 heavy (non-hydrogen) atoms. The second-order valence-electron chi connectivity index (χ2n) is 8.23. The summed E-state index contributed by atoms with van der Waals surface area (Å²) in [7, 11) is -2.92. The number of hydrogen-bond donors (Lipinski definition) is 0. The second-order valence-corrected chi connectivity index (χ2v) is 11.4. The third kappa shape index (κ3) is 5.87. The zero-order valence-electron chi connectivity index (χ0n) is 17.6. The molecule has 1 aromatic carbocycles. The van der Waals surface area contributed by atoms with Crippen molar-refractivity contribution in [1.29, 1.82) is 0 Å². The van der Waals surface area contributed by atoms with Crippen LogP contribution < -0.4 is 0 Å². The average Bonchev–Trinajstić information content (AvgIpc) is 3.37. The molecule has 8 nitrogen and oxygen atoms in total. The zero-order valence-corrected chi connectivity index (χ0v) is 19.3. The van der Waals surface area contributed by atoms with Crippen LogP contribution in [-0.2, 0) is 21.1 Å². The lowest BCUT2D eigenvalue weighted by atomic mass is 10.1. The summed E-state index contributed by atoms with van der Waals surface area (Å²) in [4.78, 5) is 16.9. The van der Waals surface area contributed by atoms with E-state index in [1.807, 2.05) is 11.0 Å². The summed E-state index contributed by atoms with van der Waals surface area (Å²) in [5, 5.41) is 8.37. The van der Waals surface area contributed by atoms with Gasteiger partial charge in [-0.05, 0) is 24.8 Å². The van der Waals surface area contributed by atoms with E-state index < -0.39 is 9.84 Å². The van der Waals surface area contributed by atoms with Crippen LogP contribution >= 0.6 is 11.8 Å². The fourth-order valence-corrected chi connectivity index (χ4v) is 6.72. The average molecular weight is 465 g/mol. The second kappa shape index (κ2) is 9.70.